The lowest BCUT2D eigenvalue weighted by Gasteiger charge is -2.03. The SMILES string of the molecule is NC(CC(=O)O)C(=O)O.NC(N)=NCCC[C@@H](N)C(=O)O. The average Bonchev–Trinajstić information content (AvgIpc) is 2.33. The van der Waals surface area contributed by atoms with Gasteiger partial charge in [0.15, 0.2) is 5.96 Å². The number of nitrogens with zero attached hydrogens (tertiary/aromatic N) is 1. The fraction of sp³-hybridized carbons (Fsp3) is 0.600. The van der Waals surface area contributed by atoms with Crippen molar-refractivity contribution in [3.8, 4) is 0 Å². The molecule has 0 aliphatic heterocycles. The first-order valence-electron chi connectivity index (χ1n) is 5.81. The Morgan fingerprint density at radius 2 is 1.43 bits per heavy atom. The summed E-state index contributed by atoms with van der Waals surface area (Å²) in [5.74, 6) is -3.49. The van der Waals surface area contributed by atoms with Gasteiger partial charge in [-0.1, -0.05) is 0 Å². The number of carbonyl (C=O) groups is 3. The number of aliphatic carboxylic acids is 3. The number of hydrogen-bond donors (Lipinski definition) is 7. The number of rotatable bonds is 8. The van der Waals surface area contributed by atoms with E-state index in [9.17, 15) is 14.4 Å². The second-order valence-corrected chi connectivity index (χ2v) is 3.94. The standard InChI is InChI=1S/C6H14N4O2.C4H7NO4/c7-4(5(11)12)2-1-3-10-6(8)9;5-2(4(8)9)1-3(6)7/h4H,1-3,7H2,(H,11,12)(H4,8,9,10);2H,1,5H2,(H,6,7)(H,8,9)/t4-;/m1./s1. The van der Waals surface area contributed by atoms with Crippen molar-refractivity contribution in [3.05, 3.63) is 0 Å². The molecule has 21 heavy (non-hydrogen) atoms. The molecule has 0 heterocycles. The first kappa shape index (κ1) is 20.9. The molecule has 11 N–H and O–H groups in total. The van der Waals surface area contributed by atoms with E-state index in [1.165, 1.54) is 0 Å². The van der Waals surface area contributed by atoms with Crippen molar-refractivity contribution >= 4 is 23.9 Å². The molecule has 0 aromatic heterocycles. The highest BCUT2D eigenvalue weighted by molar-refractivity contribution is 5.80. The molecule has 0 aromatic carbocycles. The van der Waals surface area contributed by atoms with Crippen LogP contribution in [-0.2, 0) is 14.4 Å². The van der Waals surface area contributed by atoms with Crippen LogP contribution in [0.1, 0.15) is 19.3 Å². The zero-order chi connectivity index (χ0) is 17.0. The van der Waals surface area contributed by atoms with Gasteiger partial charge >= 0.3 is 17.9 Å². The van der Waals surface area contributed by atoms with E-state index in [1.807, 2.05) is 0 Å². The van der Waals surface area contributed by atoms with E-state index in [0.717, 1.165) is 0 Å². The second kappa shape index (κ2) is 11.4. The van der Waals surface area contributed by atoms with E-state index >= 15 is 0 Å². The van der Waals surface area contributed by atoms with Crippen molar-refractivity contribution in [2.75, 3.05) is 6.54 Å². The van der Waals surface area contributed by atoms with Gasteiger partial charge in [-0.25, -0.2) is 0 Å². The quantitative estimate of drug-likeness (QED) is 0.139. The minimum Gasteiger partial charge on any atom is -0.481 e. The minimum atomic E-state index is -1.29. The Morgan fingerprint density at radius 1 is 0.952 bits per heavy atom. The molecule has 0 rings (SSSR count). The molecule has 122 valence electrons. The third-order valence-corrected chi connectivity index (χ3v) is 2.00. The Kier molecular flexibility index (Phi) is 11.4. The van der Waals surface area contributed by atoms with Crippen molar-refractivity contribution in [1.29, 1.82) is 0 Å². The van der Waals surface area contributed by atoms with Crippen molar-refractivity contribution in [2.24, 2.45) is 27.9 Å². The molecular formula is C10H21N5O6. The summed E-state index contributed by atoms with van der Waals surface area (Å²) in [7, 11) is 0. The topological polar surface area (TPSA) is 228 Å². The van der Waals surface area contributed by atoms with Crippen molar-refractivity contribution in [2.45, 2.75) is 31.3 Å². The lowest BCUT2D eigenvalue weighted by atomic mass is 10.2. The van der Waals surface area contributed by atoms with Gasteiger partial charge in [0.1, 0.15) is 12.1 Å². The van der Waals surface area contributed by atoms with Crippen LogP contribution in [0.4, 0.5) is 0 Å². The molecule has 0 aromatic rings. The van der Waals surface area contributed by atoms with E-state index in [4.69, 9.17) is 38.3 Å². The normalized spacial score (nSPS) is 12.3. The molecule has 0 fully saturated rings. The summed E-state index contributed by atoms with van der Waals surface area (Å²) in [5, 5.41) is 24.4. The van der Waals surface area contributed by atoms with Crippen LogP contribution < -0.4 is 22.9 Å². The van der Waals surface area contributed by atoms with E-state index in [1.54, 1.807) is 0 Å². The van der Waals surface area contributed by atoms with Crippen LogP contribution in [0.25, 0.3) is 0 Å². The van der Waals surface area contributed by atoms with E-state index in [-0.39, 0.29) is 5.96 Å². The van der Waals surface area contributed by atoms with Gasteiger partial charge in [0.05, 0.1) is 6.42 Å². The van der Waals surface area contributed by atoms with Gasteiger partial charge in [0.2, 0.25) is 0 Å². The van der Waals surface area contributed by atoms with Gasteiger partial charge in [0, 0.05) is 6.54 Å². The maximum absolute atomic E-state index is 10.2. The molecule has 0 aliphatic rings. The largest absolute Gasteiger partial charge is 0.481 e. The number of nitrogens with two attached hydrogens (primary N) is 4. The number of carboxylic acid groups (broad SMARTS) is 3. The minimum absolute atomic E-state index is 0.0129. The Hall–Kier alpha value is -2.40. The lowest BCUT2D eigenvalue weighted by molar-refractivity contribution is -0.144. The maximum atomic E-state index is 10.2. The van der Waals surface area contributed by atoms with Crippen LogP contribution in [0.2, 0.25) is 0 Å². The smallest absolute Gasteiger partial charge is 0.321 e. The molecule has 0 aliphatic carbocycles. The molecule has 0 saturated carbocycles. The summed E-state index contributed by atoms with van der Waals surface area (Å²) in [4.78, 5) is 33.5. The number of hydrogen-bond acceptors (Lipinski definition) is 6. The Bertz CT molecular complexity index is 382. The van der Waals surface area contributed by atoms with Gasteiger partial charge in [-0.2, -0.15) is 0 Å². The van der Waals surface area contributed by atoms with Gasteiger partial charge in [-0.15, -0.1) is 0 Å². The molecule has 0 saturated heterocycles. The van der Waals surface area contributed by atoms with E-state index in [2.05, 4.69) is 4.99 Å². The molecule has 11 nitrogen and oxygen atoms in total. The van der Waals surface area contributed by atoms with Gasteiger partial charge < -0.3 is 38.3 Å². The van der Waals surface area contributed by atoms with E-state index < -0.39 is 36.4 Å². The highest BCUT2D eigenvalue weighted by atomic mass is 16.4. The summed E-state index contributed by atoms with van der Waals surface area (Å²) in [6.07, 6.45) is 0.423. The molecule has 2 atom stereocenters. The van der Waals surface area contributed by atoms with Crippen molar-refractivity contribution in [1.82, 2.24) is 0 Å². The molecule has 0 amide bonds. The zero-order valence-electron chi connectivity index (χ0n) is 11.3. The van der Waals surface area contributed by atoms with Gasteiger partial charge in [-0.3, -0.25) is 19.4 Å². The Labute approximate surface area is 120 Å². The summed E-state index contributed by atoms with van der Waals surface area (Å²) in [6, 6.07) is -2.11. The predicted molar refractivity (Wildman–Crippen MR) is 73.4 cm³/mol. The van der Waals surface area contributed by atoms with Gasteiger partial charge in [0.25, 0.3) is 0 Å². The molecule has 0 radical (unpaired) electrons. The van der Waals surface area contributed by atoms with Crippen molar-refractivity contribution in [3.63, 3.8) is 0 Å². The van der Waals surface area contributed by atoms with Crippen LogP contribution in [0, 0.1) is 0 Å². The fourth-order valence-corrected chi connectivity index (χ4v) is 0.918. The highest BCUT2D eigenvalue weighted by Crippen LogP contribution is 1.94. The van der Waals surface area contributed by atoms with Crippen molar-refractivity contribution < 1.29 is 29.7 Å². The average molecular weight is 307 g/mol. The molecule has 0 spiro atoms. The number of aliphatic imine (C=N–C) groups is 1. The van der Waals surface area contributed by atoms with Crippen LogP contribution >= 0.6 is 0 Å². The zero-order valence-corrected chi connectivity index (χ0v) is 11.3. The van der Waals surface area contributed by atoms with E-state index in [0.29, 0.717) is 19.4 Å². The third-order valence-electron chi connectivity index (χ3n) is 2.00. The lowest BCUT2D eigenvalue weighted by Crippen LogP contribution is -2.32. The highest BCUT2D eigenvalue weighted by Gasteiger charge is 2.14. The fourth-order valence-electron chi connectivity index (χ4n) is 0.918. The molecule has 1 unspecified atom stereocenters. The summed E-state index contributed by atoms with van der Waals surface area (Å²) >= 11 is 0. The van der Waals surface area contributed by atoms with Gasteiger partial charge in [-0.05, 0) is 12.8 Å². The monoisotopic (exact) mass is 307 g/mol. The van der Waals surface area contributed by atoms with Crippen LogP contribution in [0.15, 0.2) is 4.99 Å². The third kappa shape index (κ3) is 15.5. The Morgan fingerprint density at radius 3 is 1.71 bits per heavy atom. The first-order valence-corrected chi connectivity index (χ1v) is 5.81. The van der Waals surface area contributed by atoms with Crippen LogP contribution in [0.5, 0.6) is 0 Å². The molecule has 11 heteroatoms. The molecule has 0 bridgehead atoms. The number of guanidine groups is 1. The number of carboxylic acids is 3. The maximum Gasteiger partial charge on any atom is 0.321 e. The van der Waals surface area contributed by atoms with Crippen LogP contribution in [-0.4, -0.2) is 57.8 Å². The first-order chi connectivity index (χ1) is 9.57. The summed E-state index contributed by atoms with van der Waals surface area (Å²) in [6.45, 7) is 0.420. The summed E-state index contributed by atoms with van der Waals surface area (Å²) in [5.41, 5.74) is 20.2. The molecular weight excluding hydrogens is 286 g/mol. The second-order valence-electron chi connectivity index (χ2n) is 3.94. The predicted octanol–water partition coefficient (Wildman–Crippen LogP) is -2.68. The Balaban J connectivity index is 0. The van der Waals surface area contributed by atoms with Crippen LogP contribution in [0.3, 0.4) is 0 Å². The summed E-state index contributed by atoms with van der Waals surface area (Å²) < 4.78 is 0.